The van der Waals surface area contributed by atoms with Gasteiger partial charge in [0.25, 0.3) is 0 Å². The van der Waals surface area contributed by atoms with Crippen LogP contribution < -0.4 is 10.6 Å². The molecule has 0 radical (unpaired) electrons. The normalized spacial score (nSPS) is 18.1. The third-order valence-corrected chi connectivity index (χ3v) is 3.33. The number of nitrogens with one attached hydrogen (secondary N) is 2. The molecule has 0 aliphatic carbocycles. The summed E-state index contributed by atoms with van der Waals surface area (Å²) in [6.45, 7) is 1.19. The average molecular weight is 301 g/mol. The first kappa shape index (κ1) is 17.2. The Morgan fingerprint density at radius 2 is 2.05 bits per heavy atom. The van der Waals surface area contributed by atoms with Gasteiger partial charge in [-0.2, -0.15) is 0 Å². The van der Waals surface area contributed by atoms with Crippen molar-refractivity contribution in [2.75, 3.05) is 33.4 Å². The van der Waals surface area contributed by atoms with Crippen LogP contribution in [0.3, 0.4) is 0 Å². The van der Waals surface area contributed by atoms with E-state index in [0.29, 0.717) is 26.1 Å². The van der Waals surface area contributed by atoms with Gasteiger partial charge < -0.3 is 25.4 Å². The van der Waals surface area contributed by atoms with Crippen molar-refractivity contribution >= 4 is 17.9 Å². The minimum atomic E-state index is -0.919. The van der Waals surface area contributed by atoms with Crippen molar-refractivity contribution in [2.45, 2.75) is 31.7 Å². The van der Waals surface area contributed by atoms with Gasteiger partial charge in [-0.15, -0.1) is 0 Å². The second-order valence-electron chi connectivity index (χ2n) is 4.94. The summed E-state index contributed by atoms with van der Waals surface area (Å²) in [5.74, 6) is -1.22. The summed E-state index contributed by atoms with van der Waals surface area (Å²) >= 11 is 0. The fraction of sp³-hybridized carbons (Fsp3) is 0.769. The monoisotopic (exact) mass is 301 g/mol. The predicted molar refractivity (Wildman–Crippen MR) is 74.9 cm³/mol. The Morgan fingerprint density at radius 1 is 1.29 bits per heavy atom. The van der Waals surface area contributed by atoms with Gasteiger partial charge in [-0.3, -0.25) is 9.59 Å². The number of ether oxygens (including phenoxy) is 1. The van der Waals surface area contributed by atoms with Crippen molar-refractivity contribution in [2.24, 2.45) is 0 Å². The first-order chi connectivity index (χ1) is 10.0. The first-order valence-corrected chi connectivity index (χ1v) is 7.06. The van der Waals surface area contributed by atoms with E-state index < -0.39 is 5.97 Å². The Bertz CT molecular complexity index is 375. The van der Waals surface area contributed by atoms with Gasteiger partial charge in [0.15, 0.2) is 0 Å². The molecule has 0 aromatic heterocycles. The predicted octanol–water partition coefficient (Wildman–Crippen LogP) is -0.212. The number of urea groups is 1. The Kier molecular flexibility index (Phi) is 7.52. The Morgan fingerprint density at radius 3 is 2.71 bits per heavy atom. The minimum Gasteiger partial charge on any atom is -0.481 e. The number of carboxylic acid groups (broad SMARTS) is 1. The van der Waals surface area contributed by atoms with E-state index >= 15 is 0 Å². The Hall–Kier alpha value is -1.83. The molecule has 1 atom stereocenters. The van der Waals surface area contributed by atoms with Crippen LogP contribution in [0.15, 0.2) is 0 Å². The quantitative estimate of drug-likeness (QED) is 0.564. The molecule has 120 valence electrons. The van der Waals surface area contributed by atoms with Gasteiger partial charge in [0.2, 0.25) is 5.91 Å². The molecule has 0 spiro atoms. The molecule has 21 heavy (non-hydrogen) atoms. The summed E-state index contributed by atoms with van der Waals surface area (Å²) in [6, 6.07) is -0.685. The van der Waals surface area contributed by atoms with Crippen LogP contribution in [-0.4, -0.2) is 67.3 Å². The first-order valence-electron chi connectivity index (χ1n) is 7.06. The van der Waals surface area contributed by atoms with E-state index in [1.54, 1.807) is 0 Å². The second kappa shape index (κ2) is 9.17. The molecule has 0 aromatic rings. The number of carboxylic acids is 1. The molecule has 1 saturated heterocycles. The maximum atomic E-state index is 12.0. The largest absolute Gasteiger partial charge is 0.481 e. The summed E-state index contributed by atoms with van der Waals surface area (Å²) in [4.78, 5) is 35.8. The number of amides is 3. The fourth-order valence-corrected chi connectivity index (χ4v) is 2.29. The van der Waals surface area contributed by atoms with Crippen molar-refractivity contribution in [3.05, 3.63) is 0 Å². The van der Waals surface area contributed by atoms with E-state index in [-0.39, 0.29) is 30.9 Å². The lowest BCUT2D eigenvalue weighted by atomic mass is 10.00. The Labute approximate surface area is 123 Å². The number of nitrogens with zero attached hydrogens (tertiary/aromatic N) is 1. The zero-order chi connectivity index (χ0) is 15.7. The van der Waals surface area contributed by atoms with Crippen molar-refractivity contribution in [1.82, 2.24) is 15.5 Å². The number of aliphatic carboxylic acids is 1. The van der Waals surface area contributed by atoms with Gasteiger partial charge in [-0.25, -0.2) is 4.79 Å². The van der Waals surface area contributed by atoms with E-state index in [1.165, 1.54) is 12.0 Å². The number of carbonyl (C=O) groups excluding carboxylic acids is 2. The number of likely N-dealkylation sites (tertiary alicyclic amines) is 1. The van der Waals surface area contributed by atoms with Crippen LogP contribution in [0.4, 0.5) is 4.79 Å². The van der Waals surface area contributed by atoms with Crippen LogP contribution in [0.1, 0.15) is 25.7 Å². The van der Waals surface area contributed by atoms with Gasteiger partial charge in [-0.05, 0) is 19.3 Å². The third-order valence-electron chi connectivity index (χ3n) is 3.33. The van der Waals surface area contributed by atoms with Crippen LogP contribution in [-0.2, 0) is 14.3 Å². The molecule has 1 unspecified atom stereocenters. The topological polar surface area (TPSA) is 108 Å². The number of methoxy groups -OCH3 is 1. The van der Waals surface area contributed by atoms with Gasteiger partial charge in [0.05, 0.1) is 19.6 Å². The molecular weight excluding hydrogens is 278 g/mol. The van der Waals surface area contributed by atoms with Crippen LogP contribution in [0.25, 0.3) is 0 Å². The van der Waals surface area contributed by atoms with E-state index in [2.05, 4.69) is 10.6 Å². The molecule has 3 amide bonds. The van der Waals surface area contributed by atoms with E-state index in [9.17, 15) is 14.4 Å². The molecule has 3 N–H and O–H groups in total. The van der Waals surface area contributed by atoms with Gasteiger partial charge in [0.1, 0.15) is 0 Å². The molecule has 8 nitrogen and oxygen atoms in total. The molecule has 1 aliphatic rings. The Balaban J connectivity index is 2.37. The fourth-order valence-electron chi connectivity index (χ4n) is 2.29. The van der Waals surface area contributed by atoms with E-state index in [0.717, 1.165) is 12.8 Å². The molecular formula is C13H23N3O5. The molecule has 0 saturated carbocycles. The van der Waals surface area contributed by atoms with E-state index in [1.807, 2.05) is 0 Å². The highest BCUT2D eigenvalue weighted by atomic mass is 16.5. The number of carbonyl (C=O) groups is 3. The zero-order valence-corrected chi connectivity index (χ0v) is 12.3. The molecule has 1 fully saturated rings. The lowest BCUT2D eigenvalue weighted by Gasteiger charge is -2.34. The molecule has 1 rings (SSSR count). The van der Waals surface area contributed by atoms with Crippen LogP contribution >= 0.6 is 0 Å². The number of hydrogen-bond donors (Lipinski definition) is 3. The standard InChI is InChI=1S/C13H23N3O5/c1-21-7-5-14-11(17)9-15-13(20)16-6-3-2-4-10(16)8-12(18)19/h10H,2-9H2,1H3,(H,14,17)(H,15,20)(H,18,19). The van der Waals surface area contributed by atoms with Crippen molar-refractivity contribution in [1.29, 1.82) is 0 Å². The van der Waals surface area contributed by atoms with Crippen molar-refractivity contribution in [3.63, 3.8) is 0 Å². The molecule has 1 aliphatic heterocycles. The second-order valence-corrected chi connectivity index (χ2v) is 4.94. The molecule has 0 bridgehead atoms. The minimum absolute atomic E-state index is 0.0620. The maximum absolute atomic E-state index is 12.0. The van der Waals surface area contributed by atoms with E-state index in [4.69, 9.17) is 9.84 Å². The molecule has 0 aromatic carbocycles. The number of piperidine rings is 1. The van der Waals surface area contributed by atoms with Gasteiger partial charge in [-0.1, -0.05) is 0 Å². The molecule has 1 heterocycles. The summed E-state index contributed by atoms with van der Waals surface area (Å²) in [7, 11) is 1.53. The highest BCUT2D eigenvalue weighted by Gasteiger charge is 2.28. The molecule has 8 heteroatoms. The summed E-state index contributed by atoms with van der Waals surface area (Å²) in [6.07, 6.45) is 2.38. The lowest BCUT2D eigenvalue weighted by Crippen LogP contribution is -2.51. The van der Waals surface area contributed by atoms with Gasteiger partial charge >= 0.3 is 12.0 Å². The van der Waals surface area contributed by atoms with Crippen LogP contribution in [0.5, 0.6) is 0 Å². The highest BCUT2D eigenvalue weighted by Crippen LogP contribution is 2.19. The summed E-state index contributed by atoms with van der Waals surface area (Å²) in [5.41, 5.74) is 0. The van der Waals surface area contributed by atoms with Crippen LogP contribution in [0.2, 0.25) is 0 Å². The maximum Gasteiger partial charge on any atom is 0.318 e. The summed E-state index contributed by atoms with van der Waals surface area (Å²) in [5, 5.41) is 14.0. The number of hydrogen-bond acceptors (Lipinski definition) is 4. The smallest absolute Gasteiger partial charge is 0.318 e. The third kappa shape index (κ3) is 6.44. The van der Waals surface area contributed by atoms with Crippen molar-refractivity contribution in [3.8, 4) is 0 Å². The average Bonchev–Trinajstić information content (AvgIpc) is 2.45. The zero-order valence-electron chi connectivity index (χ0n) is 12.3. The highest BCUT2D eigenvalue weighted by molar-refractivity contribution is 5.84. The van der Waals surface area contributed by atoms with Gasteiger partial charge in [0, 0.05) is 26.2 Å². The van der Waals surface area contributed by atoms with Crippen molar-refractivity contribution < 1.29 is 24.2 Å². The SMILES string of the molecule is COCCNC(=O)CNC(=O)N1CCCCC1CC(=O)O. The summed E-state index contributed by atoms with van der Waals surface area (Å²) < 4.78 is 4.80. The lowest BCUT2D eigenvalue weighted by molar-refractivity contribution is -0.138. The number of rotatable bonds is 7. The van der Waals surface area contributed by atoms with Crippen LogP contribution in [0, 0.1) is 0 Å².